The lowest BCUT2D eigenvalue weighted by Gasteiger charge is -2.30. The average molecular weight is 587 g/mol. The summed E-state index contributed by atoms with van der Waals surface area (Å²) in [4.78, 5) is 4.31. The number of nitrogens with one attached hydrogen (secondary N) is 2. The number of aromatic nitrogens is 2. The predicted octanol–water partition coefficient (Wildman–Crippen LogP) is 4.38. The summed E-state index contributed by atoms with van der Waals surface area (Å²) < 4.78 is 66.4. The zero-order valence-electron chi connectivity index (χ0n) is 23.2. The summed E-state index contributed by atoms with van der Waals surface area (Å²) in [6.07, 6.45) is -0.203. The number of hydrogen-bond donors (Lipinski definition) is 2. The number of pyridine rings is 1. The number of piperidine rings is 1. The number of nitriles is 1. The molecule has 2 aromatic heterocycles. The molecule has 2 N–H and O–H groups in total. The number of rotatable bonds is 8. The summed E-state index contributed by atoms with van der Waals surface area (Å²) in [5.74, 6) is 5.78. The van der Waals surface area contributed by atoms with E-state index in [0.717, 1.165) is 5.56 Å². The summed E-state index contributed by atoms with van der Waals surface area (Å²) in [6, 6.07) is 12.9. The van der Waals surface area contributed by atoms with Gasteiger partial charge in [-0.15, -0.1) is 0 Å². The van der Waals surface area contributed by atoms with Crippen molar-refractivity contribution in [3.63, 3.8) is 0 Å². The molecule has 0 spiro atoms. The Morgan fingerprint density at radius 2 is 1.85 bits per heavy atom. The molecule has 0 unspecified atom stereocenters. The first kappa shape index (κ1) is 30.4. The number of sulfonamides is 1. The Balaban J connectivity index is 1.44. The quantitative estimate of drug-likeness (QED) is 0.380. The van der Waals surface area contributed by atoms with E-state index in [9.17, 15) is 26.9 Å². The van der Waals surface area contributed by atoms with Crippen molar-refractivity contribution in [1.29, 1.82) is 5.26 Å². The topological polar surface area (TPSA) is 103 Å². The van der Waals surface area contributed by atoms with Gasteiger partial charge in [-0.2, -0.15) is 18.4 Å². The van der Waals surface area contributed by atoms with Crippen molar-refractivity contribution >= 4 is 26.6 Å². The molecular weight excluding hydrogens is 553 g/mol. The number of halogens is 3. The van der Waals surface area contributed by atoms with Crippen molar-refractivity contribution in [2.75, 3.05) is 31.2 Å². The molecule has 8 nitrogen and oxygen atoms in total. The Bertz CT molecular complexity index is 1590. The maximum Gasteiger partial charge on any atom is 0.406 e. The number of fused-ring (bicyclic) bond motifs is 1. The van der Waals surface area contributed by atoms with Gasteiger partial charge in [0.2, 0.25) is 10.0 Å². The highest BCUT2D eigenvalue weighted by atomic mass is 32.2. The van der Waals surface area contributed by atoms with E-state index in [1.54, 1.807) is 50.4 Å². The van der Waals surface area contributed by atoms with Crippen LogP contribution in [0.25, 0.3) is 10.9 Å². The van der Waals surface area contributed by atoms with Crippen LogP contribution in [-0.2, 0) is 28.5 Å². The molecule has 0 amide bonds. The zero-order valence-corrected chi connectivity index (χ0v) is 24.0. The fraction of sp³-hybridized carbons (Fsp3) is 0.448. The molecule has 1 fully saturated rings. The van der Waals surface area contributed by atoms with Crippen LogP contribution in [0.1, 0.15) is 43.6 Å². The lowest BCUT2D eigenvalue weighted by atomic mass is 9.91. The van der Waals surface area contributed by atoms with Crippen LogP contribution in [0.4, 0.5) is 18.9 Å². The van der Waals surface area contributed by atoms with Crippen LogP contribution in [0.15, 0.2) is 42.6 Å². The van der Waals surface area contributed by atoms with Crippen LogP contribution in [0.2, 0.25) is 0 Å². The smallest absolute Gasteiger partial charge is 0.373 e. The van der Waals surface area contributed by atoms with E-state index in [1.165, 1.54) is 15.1 Å². The van der Waals surface area contributed by atoms with Gasteiger partial charge >= 0.3 is 6.18 Å². The van der Waals surface area contributed by atoms with Gasteiger partial charge in [-0.1, -0.05) is 12.0 Å². The van der Waals surface area contributed by atoms with Gasteiger partial charge in [0.1, 0.15) is 6.54 Å². The van der Waals surface area contributed by atoms with Crippen molar-refractivity contribution in [2.24, 2.45) is 0 Å². The standard InChI is InChI=1S/C29H33F3N6O2S/c1-28(2,19-33)27-9-7-24(18-36-27)34-12-4-5-25-16-22-15-21(6-8-26(22)38(25)20-29(30,31)32)17-35-23-10-13-37(14-11-23)41(3,39)40/h6-9,15-16,18,23,34-35H,10-14,17,20H2,1-3H3. The van der Waals surface area contributed by atoms with E-state index in [0.29, 0.717) is 54.8 Å². The molecule has 0 aliphatic carbocycles. The van der Waals surface area contributed by atoms with Gasteiger partial charge in [0, 0.05) is 36.6 Å². The lowest BCUT2D eigenvalue weighted by Crippen LogP contribution is -2.44. The molecule has 218 valence electrons. The Morgan fingerprint density at radius 1 is 1.12 bits per heavy atom. The molecule has 12 heteroatoms. The first-order valence-electron chi connectivity index (χ1n) is 13.2. The predicted molar refractivity (Wildman–Crippen MR) is 153 cm³/mol. The van der Waals surface area contributed by atoms with Gasteiger partial charge in [-0.3, -0.25) is 4.98 Å². The number of hydrogen-bond acceptors (Lipinski definition) is 6. The lowest BCUT2D eigenvalue weighted by molar-refractivity contribution is -0.140. The van der Waals surface area contributed by atoms with Crippen molar-refractivity contribution in [1.82, 2.24) is 19.2 Å². The van der Waals surface area contributed by atoms with E-state index >= 15 is 0 Å². The van der Waals surface area contributed by atoms with Crippen LogP contribution < -0.4 is 10.6 Å². The number of nitrogens with zero attached hydrogens (tertiary/aromatic N) is 4. The molecule has 1 aliphatic heterocycles. The van der Waals surface area contributed by atoms with Gasteiger partial charge in [0.05, 0.1) is 47.6 Å². The number of alkyl halides is 3. The Hall–Kier alpha value is -3.58. The minimum atomic E-state index is -4.41. The molecule has 1 aliphatic rings. The van der Waals surface area contributed by atoms with Crippen LogP contribution in [0.3, 0.4) is 0 Å². The van der Waals surface area contributed by atoms with Gasteiger partial charge < -0.3 is 15.2 Å². The minimum absolute atomic E-state index is 0.164. The summed E-state index contributed by atoms with van der Waals surface area (Å²) in [6.45, 7) is 4.06. The molecule has 4 rings (SSSR count). The minimum Gasteiger partial charge on any atom is -0.373 e. The Labute approximate surface area is 238 Å². The highest BCUT2D eigenvalue weighted by molar-refractivity contribution is 7.88. The van der Waals surface area contributed by atoms with Crippen LogP contribution in [-0.4, -0.2) is 60.4 Å². The molecule has 1 aromatic carbocycles. The highest BCUT2D eigenvalue weighted by Crippen LogP contribution is 2.27. The summed E-state index contributed by atoms with van der Waals surface area (Å²) in [5, 5.41) is 16.4. The van der Waals surface area contributed by atoms with Crippen molar-refractivity contribution in [3.05, 3.63) is 59.5 Å². The van der Waals surface area contributed by atoms with E-state index in [1.807, 2.05) is 6.07 Å². The van der Waals surface area contributed by atoms with Crippen molar-refractivity contribution < 1.29 is 21.6 Å². The second-order valence-electron chi connectivity index (χ2n) is 10.8. The van der Waals surface area contributed by atoms with E-state index in [4.69, 9.17) is 0 Å². The summed E-state index contributed by atoms with van der Waals surface area (Å²) >= 11 is 0. The second-order valence-corrected chi connectivity index (χ2v) is 12.7. The van der Waals surface area contributed by atoms with Gasteiger partial charge in [0.15, 0.2) is 0 Å². The van der Waals surface area contributed by atoms with E-state index in [-0.39, 0.29) is 18.3 Å². The molecule has 0 bridgehead atoms. The molecule has 41 heavy (non-hydrogen) atoms. The van der Waals surface area contributed by atoms with Gasteiger partial charge in [-0.05, 0) is 68.5 Å². The first-order valence-corrected chi connectivity index (χ1v) is 15.1. The van der Waals surface area contributed by atoms with E-state index < -0.39 is 28.2 Å². The van der Waals surface area contributed by atoms with Crippen LogP contribution in [0.5, 0.6) is 0 Å². The third kappa shape index (κ3) is 8.00. The monoisotopic (exact) mass is 586 g/mol. The molecule has 0 atom stereocenters. The highest BCUT2D eigenvalue weighted by Gasteiger charge is 2.30. The summed E-state index contributed by atoms with van der Waals surface area (Å²) in [7, 11) is -3.19. The zero-order chi connectivity index (χ0) is 29.8. The number of benzene rings is 1. The van der Waals surface area contributed by atoms with E-state index in [2.05, 4.69) is 33.5 Å². The summed E-state index contributed by atoms with van der Waals surface area (Å²) in [5.41, 5.74) is 2.25. The third-order valence-corrected chi connectivity index (χ3v) is 8.40. The van der Waals surface area contributed by atoms with Gasteiger partial charge in [0.25, 0.3) is 0 Å². The maximum absolute atomic E-state index is 13.4. The Morgan fingerprint density at radius 3 is 2.46 bits per heavy atom. The Kier molecular flexibility index (Phi) is 8.97. The largest absolute Gasteiger partial charge is 0.406 e. The molecule has 0 saturated carbocycles. The second kappa shape index (κ2) is 12.1. The van der Waals surface area contributed by atoms with Crippen LogP contribution in [0, 0.1) is 23.2 Å². The molecule has 0 radical (unpaired) electrons. The SMILES string of the molecule is CC(C)(C#N)c1ccc(NCC#Cc2cc3cc(CNC4CCN(S(C)(=O)=O)CC4)ccc3n2CC(F)(F)F)cn1. The molecule has 1 saturated heterocycles. The normalized spacial score (nSPS) is 15.3. The van der Waals surface area contributed by atoms with Gasteiger partial charge in [-0.25, -0.2) is 12.7 Å². The third-order valence-electron chi connectivity index (χ3n) is 7.10. The average Bonchev–Trinajstić information content (AvgIpc) is 3.24. The van der Waals surface area contributed by atoms with Crippen molar-refractivity contribution in [2.45, 2.75) is 57.4 Å². The fourth-order valence-electron chi connectivity index (χ4n) is 4.74. The first-order chi connectivity index (χ1) is 19.2. The molecule has 3 aromatic rings. The maximum atomic E-state index is 13.4. The fourth-order valence-corrected chi connectivity index (χ4v) is 5.62. The van der Waals surface area contributed by atoms with Crippen LogP contribution >= 0.6 is 0 Å². The molecular formula is C29H33F3N6O2S. The molecule has 3 heterocycles. The number of anilines is 1. The van der Waals surface area contributed by atoms with Crippen molar-refractivity contribution in [3.8, 4) is 17.9 Å².